The maximum atomic E-state index is 2.59. The smallest absolute Gasteiger partial charge is 0.0276 e. The van der Waals surface area contributed by atoms with Crippen molar-refractivity contribution in [2.45, 2.75) is 32.7 Å². The molecule has 1 aromatic carbocycles. The van der Waals surface area contributed by atoms with Gasteiger partial charge in [0.05, 0.1) is 0 Å². The Balaban J connectivity index is 1.89. The van der Waals surface area contributed by atoms with Gasteiger partial charge in [0.1, 0.15) is 0 Å². The summed E-state index contributed by atoms with van der Waals surface area (Å²) in [6, 6.07) is 11.4. The van der Waals surface area contributed by atoms with E-state index in [0.29, 0.717) is 6.04 Å². The van der Waals surface area contributed by atoms with Crippen LogP contribution in [0.3, 0.4) is 0 Å². The molecule has 16 heavy (non-hydrogen) atoms. The third-order valence-electron chi connectivity index (χ3n) is 3.62. The molecule has 1 atom stereocenters. The molecule has 1 heteroatoms. The van der Waals surface area contributed by atoms with Gasteiger partial charge in [0, 0.05) is 19.1 Å². The molecule has 2 rings (SSSR count). The lowest BCUT2D eigenvalue weighted by Gasteiger charge is -2.33. The quantitative estimate of drug-likeness (QED) is 0.699. The molecule has 0 saturated carbocycles. The average molecular weight is 215 g/mol. The normalized spacial score (nSPS) is 21.9. The second kappa shape index (κ2) is 5.31. The third-order valence-corrected chi connectivity index (χ3v) is 3.62. The maximum absolute atomic E-state index is 2.59. The molecule has 1 aromatic rings. The van der Waals surface area contributed by atoms with Crippen LogP contribution in [0.1, 0.15) is 25.8 Å². The molecule has 0 aromatic heterocycles. The molecule has 0 radical (unpaired) electrons. The Hall–Kier alpha value is -1.08. The molecular formula is C15H21N. The number of nitrogens with zero attached hydrogens (tertiary/aromatic N) is 1. The van der Waals surface area contributed by atoms with Crippen LogP contribution in [-0.2, 0) is 6.42 Å². The lowest BCUT2D eigenvalue weighted by atomic mass is 10.0. The predicted molar refractivity (Wildman–Crippen MR) is 69.6 cm³/mol. The number of hydrogen-bond acceptors (Lipinski definition) is 1. The van der Waals surface area contributed by atoms with Crippen LogP contribution in [-0.4, -0.2) is 24.0 Å². The molecule has 0 N–H and O–H groups in total. The highest BCUT2D eigenvalue weighted by atomic mass is 15.1. The summed E-state index contributed by atoms with van der Waals surface area (Å²) in [6.07, 6.45) is 4.76. The molecule has 0 fully saturated rings. The zero-order valence-electron chi connectivity index (χ0n) is 10.3. The van der Waals surface area contributed by atoms with E-state index in [9.17, 15) is 0 Å². The van der Waals surface area contributed by atoms with Crippen LogP contribution in [0.15, 0.2) is 42.0 Å². The summed E-state index contributed by atoms with van der Waals surface area (Å²) >= 11 is 0. The fraction of sp³-hybridized carbons (Fsp3) is 0.467. The minimum atomic E-state index is 0.623. The summed E-state index contributed by atoms with van der Waals surface area (Å²) in [5, 5.41) is 0. The minimum Gasteiger partial charge on any atom is -0.296 e. The van der Waals surface area contributed by atoms with Gasteiger partial charge in [-0.2, -0.15) is 0 Å². The molecule has 1 aliphatic rings. The zero-order valence-corrected chi connectivity index (χ0v) is 10.3. The monoisotopic (exact) mass is 215 g/mol. The summed E-state index contributed by atoms with van der Waals surface area (Å²) in [4.78, 5) is 2.59. The number of benzene rings is 1. The summed E-state index contributed by atoms with van der Waals surface area (Å²) in [5.74, 6) is 0. The van der Waals surface area contributed by atoms with Crippen LogP contribution >= 0.6 is 0 Å². The van der Waals surface area contributed by atoms with Gasteiger partial charge in [-0.05, 0) is 32.3 Å². The first-order valence-corrected chi connectivity index (χ1v) is 6.22. The molecule has 1 nitrogen and oxygen atoms in total. The highest BCUT2D eigenvalue weighted by Gasteiger charge is 2.17. The molecule has 0 saturated heterocycles. The van der Waals surface area contributed by atoms with E-state index < -0.39 is 0 Å². The topological polar surface area (TPSA) is 3.24 Å². The van der Waals surface area contributed by atoms with Crippen molar-refractivity contribution in [2.75, 3.05) is 13.1 Å². The maximum Gasteiger partial charge on any atom is 0.0276 e. The molecule has 86 valence electrons. The summed E-state index contributed by atoms with van der Waals surface area (Å²) < 4.78 is 0. The Bertz CT molecular complexity index is 353. The standard InChI is InChI=1S/C15H21N/c1-13-7-6-11-16(14(13)2)12-10-15-8-4-3-5-9-15/h3-5,7-9,14H,6,10-12H2,1-2H3. The lowest BCUT2D eigenvalue weighted by molar-refractivity contribution is 0.228. The first-order chi connectivity index (χ1) is 7.77. The van der Waals surface area contributed by atoms with Crippen LogP contribution < -0.4 is 0 Å². The Labute approximate surface area is 98.8 Å². The van der Waals surface area contributed by atoms with Gasteiger partial charge in [-0.1, -0.05) is 42.0 Å². The van der Waals surface area contributed by atoms with Gasteiger partial charge in [-0.3, -0.25) is 4.90 Å². The van der Waals surface area contributed by atoms with Crippen molar-refractivity contribution in [3.63, 3.8) is 0 Å². The van der Waals surface area contributed by atoms with Gasteiger partial charge in [-0.15, -0.1) is 0 Å². The highest BCUT2D eigenvalue weighted by Crippen LogP contribution is 2.17. The van der Waals surface area contributed by atoms with E-state index >= 15 is 0 Å². The second-order valence-electron chi connectivity index (χ2n) is 4.68. The van der Waals surface area contributed by atoms with E-state index in [4.69, 9.17) is 0 Å². The van der Waals surface area contributed by atoms with Gasteiger partial charge >= 0.3 is 0 Å². The van der Waals surface area contributed by atoms with Gasteiger partial charge in [0.2, 0.25) is 0 Å². The Morgan fingerprint density at radius 3 is 2.75 bits per heavy atom. The fourth-order valence-corrected chi connectivity index (χ4v) is 2.33. The second-order valence-corrected chi connectivity index (χ2v) is 4.68. The van der Waals surface area contributed by atoms with E-state index in [1.54, 1.807) is 0 Å². The van der Waals surface area contributed by atoms with Gasteiger partial charge < -0.3 is 0 Å². The van der Waals surface area contributed by atoms with E-state index in [1.165, 1.54) is 37.1 Å². The average Bonchev–Trinajstić information content (AvgIpc) is 2.32. The van der Waals surface area contributed by atoms with Crippen molar-refractivity contribution in [1.29, 1.82) is 0 Å². The molecule has 0 amide bonds. The molecule has 0 aliphatic carbocycles. The van der Waals surface area contributed by atoms with Crippen molar-refractivity contribution in [2.24, 2.45) is 0 Å². The molecule has 1 unspecified atom stereocenters. The Morgan fingerprint density at radius 2 is 2.00 bits per heavy atom. The van der Waals surface area contributed by atoms with Crippen molar-refractivity contribution < 1.29 is 0 Å². The largest absolute Gasteiger partial charge is 0.296 e. The van der Waals surface area contributed by atoms with E-state index in [1.807, 2.05) is 0 Å². The van der Waals surface area contributed by atoms with Crippen LogP contribution in [0.25, 0.3) is 0 Å². The summed E-state index contributed by atoms with van der Waals surface area (Å²) in [7, 11) is 0. The van der Waals surface area contributed by atoms with Gasteiger partial charge in [-0.25, -0.2) is 0 Å². The van der Waals surface area contributed by atoms with Gasteiger partial charge in [0.15, 0.2) is 0 Å². The molecule has 1 heterocycles. The summed E-state index contributed by atoms with van der Waals surface area (Å²) in [6.45, 7) is 6.96. The van der Waals surface area contributed by atoms with Crippen molar-refractivity contribution in [3.8, 4) is 0 Å². The predicted octanol–water partition coefficient (Wildman–Crippen LogP) is 3.27. The van der Waals surface area contributed by atoms with Crippen molar-refractivity contribution in [3.05, 3.63) is 47.5 Å². The number of rotatable bonds is 3. The van der Waals surface area contributed by atoms with E-state index in [0.717, 1.165) is 0 Å². The first kappa shape index (κ1) is 11.4. The molecule has 0 bridgehead atoms. The fourth-order valence-electron chi connectivity index (χ4n) is 2.33. The first-order valence-electron chi connectivity index (χ1n) is 6.22. The zero-order chi connectivity index (χ0) is 11.4. The lowest BCUT2D eigenvalue weighted by Crippen LogP contribution is -2.38. The van der Waals surface area contributed by atoms with E-state index in [2.05, 4.69) is 55.2 Å². The van der Waals surface area contributed by atoms with Crippen LogP contribution in [0.5, 0.6) is 0 Å². The Morgan fingerprint density at radius 1 is 1.25 bits per heavy atom. The minimum absolute atomic E-state index is 0.623. The highest BCUT2D eigenvalue weighted by molar-refractivity contribution is 5.16. The summed E-state index contributed by atoms with van der Waals surface area (Å²) in [5.41, 5.74) is 2.97. The van der Waals surface area contributed by atoms with Crippen LogP contribution in [0.2, 0.25) is 0 Å². The number of hydrogen-bond donors (Lipinski definition) is 0. The Kier molecular flexibility index (Phi) is 3.79. The van der Waals surface area contributed by atoms with Crippen LogP contribution in [0, 0.1) is 0 Å². The van der Waals surface area contributed by atoms with Crippen molar-refractivity contribution in [1.82, 2.24) is 4.90 Å². The molecule has 1 aliphatic heterocycles. The SMILES string of the molecule is CC1=CCCN(CCc2ccccc2)C1C. The van der Waals surface area contributed by atoms with Gasteiger partial charge in [0.25, 0.3) is 0 Å². The van der Waals surface area contributed by atoms with Crippen LogP contribution in [0.4, 0.5) is 0 Å². The molecule has 0 spiro atoms. The van der Waals surface area contributed by atoms with Crippen molar-refractivity contribution >= 4 is 0 Å². The third kappa shape index (κ3) is 2.73. The van der Waals surface area contributed by atoms with E-state index in [-0.39, 0.29) is 0 Å². The molecular weight excluding hydrogens is 194 g/mol.